The van der Waals surface area contributed by atoms with Crippen molar-refractivity contribution in [3.05, 3.63) is 89.5 Å². The topological polar surface area (TPSA) is 63.6 Å². The molecule has 1 atom stereocenters. The molecule has 0 radical (unpaired) electrons. The van der Waals surface area contributed by atoms with Crippen molar-refractivity contribution in [2.75, 3.05) is 0 Å². The number of benzene rings is 3. The Hall–Kier alpha value is -3.40. The van der Waals surface area contributed by atoms with E-state index in [9.17, 15) is 14.7 Å². The molecule has 3 aromatic carbocycles. The van der Waals surface area contributed by atoms with E-state index in [4.69, 9.17) is 4.74 Å². The van der Waals surface area contributed by atoms with Crippen LogP contribution in [0.4, 0.5) is 0 Å². The molecule has 0 aliphatic heterocycles. The van der Waals surface area contributed by atoms with Crippen LogP contribution in [0.5, 0.6) is 5.75 Å². The molecule has 1 N–H and O–H groups in total. The quantitative estimate of drug-likeness (QED) is 0.524. The van der Waals surface area contributed by atoms with Crippen molar-refractivity contribution in [2.24, 2.45) is 0 Å². The molecule has 0 unspecified atom stereocenters. The number of hydrogen-bond acceptors (Lipinski definition) is 4. The smallest absolute Gasteiger partial charge is 0.338 e. The Morgan fingerprint density at radius 2 is 1.26 bits per heavy atom. The lowest BCUT2D eigenvalue weighted by molar-refractivity contribution is 0.0319. The molecular weight excluding hydrogens is 340 g/mol. The zero-order valence-corrected chi connectivity index (χ0v) is 15.2. The summed E-state index contributed by atoms with van der Waals surface area (Å²) in [6.45, 7) is 3.52. The van der Waals surface area contributed by atoms with Crippen LogP contribution in [0.3, 0.4) is 0 Å². The predicted octanol–water partition coefficient (Wildman–Crippen LogP) is 4.80. The van der Waals surface area contributed by atoms with Crippen LogP contribution >= 0.6 is 0 Å². The largest absolute Gasteiger partial charge is 0.508 e. The summed E-state index contributed by atoms with van der Waals surface area (Å²) in [5.41, 5.74) is 3.79. The molecule has 0 aromatic heterocycles. The number of phenolic OH excluding ortho intramolecular Hbond substituents is 1. The molecule has 3 aromatic rings. The monoisotopic (exact) mass is 360 g/mol. The molecule has 27 heavy (non-hydrogen) atoms. The third-order valence-corrected chi connectivity index (χ3v) is 4.31. The number of aryl methyl sites for hydroxylation is 1. The maximum atomic E-state index is 12.4. The van der Waals surface area contributed by atoms with Gasteiger partial charge in [-0.2, -0.15) is 0 Å². The van der Waals surface area contributed by atoms with Gasteiger partial charge >= 0.3 is 5.97 Å². The fraction of sp³-hybridized carbons (Fsp3) is 0.130. The van der Waals surface area contributed by atoms with Gasteiger partial charge in [-0.05, 0) is 49.2 Å². The number of ketones is 1. The van der Waals surface area contributed by atoms with Crippen molar-refractivity contribution in [3.63, 3.8) is 0 Å². The van der Waals surface area contributed by atoms with E-state index in [2.05, 4.69) is 0 Å². The first-order valence-electron chi connectivity index (χ1n) is 8.65. The van der Waals surface area contributed by atoms with Gasteiger partial charge in [0.2, 0.25) is 5.78 Å². The van der Waals surface area contributed by atoms with Crippen molar-refractivity contribution in [1.29, 1.82) is 0 Å². The summed E-state index contributed by atoms with van der Waals surface area (Å²) >= 11 is 0. The van der Waals surface area contributed by atoms with Crippen molar-refractivity contribution < 1.29 is 19.4 Å². The highest BCUT2D eigenvalue weighted by Crippen LogP contribution is 2.22. The van der Waals surface area contributed by atoms with Crippen LogP contribution in [-0.4, -0.2) is 23.0 Å². The third-order valence-electron chi connectivity index (χ3n) is 4.31. The van der Waals surface area contributed by atoms with Gasteiger partial charge in [0, 0.05) is 5.56 Å². The number of carbonyl (C=O) groups is 2. The third kappa shape index (κ3) is 4.42. The van der Waals surface area contributed by atoms with Gasteiger partial charge in [0.05, 0.1) is 5.56 Å². The Morgan fingerprint density at radius 3 is 1.81 bits per heavy atom. The Morgan fingerprint density at radius 1 is 0.778 bits per heavy atom. The average molecular weight is 360 g/mol. The number of esters is 1. The Labute approximate surface area is 158 Å². The molecule has 0 aliphatic carbocycles. The van der Waals surface area contributed by atoms with Gasteiger partial charge in [-0.25, -0.2) is 4.79 Å². The lowest BCUT2D eigenvalue weighted by Gasteiger charge is -2.13. The predicted molar refractivity (Wildman–Crippen MR) is 104 cm³/mol. The molecule has 4 nitrogen and oxygen atoms in total. The van der Waals surface area contributed by atoms with Gasteiger partial charge in [0.1, 0.15) is 5.75 Å². The van der Waals surface area contributed by atoms with Crippen molar-refractivity contribution in [3.8, 4) is 16.9 Å². The van der Waals surface area contributed by atoms with Crippen LogP contribution in [0, 0.1) is 6.92 Å². The van der Waals surface area contributed by atoms with Gasteiger partial charge in [-0.1, -0.05) is 54.1 Å². The second kappa shape index (κ2) is 7.87. The first-order chi connectivity index (χ1) is 12.9. The van der Waals surface area contributed by atoms with Crippen LogP contribution in [0.25, 0.3) is 11.1 Å². The van der Waals surface area contributed by atoms with E-state index in [-0.39, 0.29) is 11.5 Å². The van der Waals surface area contributed by atoms with E-state index in [0.29, 0.717) is 11.1 Å². The number of ether oxygens (including phenoxy) is 1. The minimum atomic E-state index is -0.864. The molecule has 0 amide bonds. The van der Waals surface area contributed by atoms with Crippen LogP contribution in [0.15, 0.2) is 72.8 Å². The minimum absolute atomic E-state index is 0.200. The normalized spacial score (nSPS) is 11.6. The summed E-state index contributed by atoms with van der Waals surface area (Å²) in [6, 6.07) is 20.9. The Balaban J connectivity index is 1.67. The minimum Gasteiger partial charge on any atom is -0.508 e. The van der Waals surface area contributed by atoms with Gasteiger partial charge in [-0.15, -0.1) is 0 Å². The van der Waals surface area contributed by atoms with Crippen LogP contribution in [0.1, 0.15) is 33.2 Å². The zero-order chi connectivity index (χ0) is 19.4. The lowest BCUT2D eigenvalue weighted by atomic mass is 10.0. The molecule has 0 fully saturated rings. The van der Waals surface area contributed by atoms with Crippen molar-refractivity contribution in [2.45, 2.75) is 20.0 Å². The highest BCUT2D eigenvalue weighted by Gasteiger charge is 2.20. The van der Waals surface area contributed by atoms with Crippen molar-refractivity contribution in [1.82, 2.24) is 0 Å². The molecule has 0 aliphatic rings. The number of Topliss-reactive ketones (excluding diaryl/α,β-unsaturated/α-hetero) is 1. The second-order valence-corrected chi connectivity index (χ2v) is 6.40. The van der Waals surface area contributed by atoms with Gasteiger partial charge in [-0.3, -0.25) is 4.79 Å². The van der Waals surface area contributed by atoms with E-state index < -0.39 is 12.1 Å². The number of rotatable bonds is 5. The standard InChI is InChI=1S/C23H20O4/c1-15-3-5-19(6-4-15)22(25)16(2)27-23(26)20-9-7-17(8-10-20)18-11-13-21(24)14-12-18/h3-14,16,24H,1-2H3/t16-/m0/s1. The summed E-state index contributed by atoms with van der Waals surface area (Å²) in [4.78, 5) is 24.7. The Kier molecular flexibility index (Phi) is 5.36. The maximum Gasteiger partial charge on any atom is 0.338 e. The van der Waals surface area contributed by atoms with Crippen molar-refractivity contribution >= 4 is 11.8 Å². The summed E-state index contributed by atoms with van der Waals surface area (Å²) in [5, 5.41) is 9.36. The molecule has 0 heterocycles. The number of carbonyl (C=O) groups excluding carboxylic acids is 2. The van der Waals surface area contributed by atoms with E-state index in [1.54, 1.807) is 67.6 Å². The van der Waals surface area contributed by atoms with Crippen LogP contribution < -0.4 is 0 Å². The SMILES string of the molecule is Cc1ccc(C(=O)[C@H](C)OC(=O)c2ccc(-c3ccc(O)cc3)cc2)cc1. The molecule has 0 spiro atoms. The number of aromatic hydroxyl groups is 1. The van der Waals surface area contributed by atoms with E-state index in [0.717, 1.165) is 16.7 Å². The first kappa shape index (κ1) is 18.4. The molecule has 0 saturated heterocycles. The number of phenols is 1. The summed E-state index contributed by atoms with van der Waals surface area (Å²) in [7, 11) is 0. The number of hydrogen-bond donors (Lipinski definition) is 1. The second-order valence-electron chi connectivity index (χ2n) is 6.40. The van der Waals surface area contributed by atoms with Crippen LogP contribution in [-0.2, 0) is 4.74 Å². The molecular formula is C23H20O4. The summed E-state index contributed by atoms with van der Waals surface area (Å²) in [6.07, 6.45) is -0.864. The van der Waals surface area contributed by atoms with E-state index in [1.807, 2.05) is 19.1 Å². The fourth-order valence-electron chi connectivity index (χ4n) is 2.69. The molecule has 3 rings (SSSR count). The van der Waals surface area contributed by atoms with Gasteiger partial charge < -0.3 is 9.84 Å². The van der Waals surface area contributed by atoms with E-state index in [1.165, 1.54) is 0 Å². The van der Waals surface area contributed by atoms with Crippen LogP contribution in [0.2, 0.25) is 0 Å². The summed E-state index contributed by atoms with van der Waals surface area (Å²) in [5.74, 6) is -0.574. The lowest BCUT2D eigenvalue weighted by Crippen LogP contribution is -2.24. The highest BCUT2D eigenvalue weighted by atomic mass is 16.5. The highest BCUT2D eigenvalue weighted by molar-refractivity contribution is 6.01. The first-order valence-corrected chi connectivity index (χ1v) is 8.65. The van der Waals surface area contributed by atoms with Gasteiger partial charge in [0.15, 0.2) is 6.10 Å². The molecule has 4 heteroatoms. The Bertz CT molecular complexity index is 939. The molecule has 0 bridgehead atoms. The average Bonchev–Trinajstić information content (AvgIpc) is 2.68. The van der Waals surface area contributed by atoms with E-state index >= 15 is 0 Å². The zero-order valence-electron chi connectivity index (χ0n) is 15.2. The van der Waals surface area contributed by atoms with Gasteiger partial charge in [0.25, 0.3) is 0 Å². The summed E-state index contributed by atoms with van der Waals surface area (Å²) < 4.78 is 5.32. The fourth-order valence-corrected chi connectivity index (χ4v) is 2.69. The molecule has 136 valence electrons. The maximum absolute atomic E-state index is 12.4. The molecule has 0 saturated carbocycles.